The van der Waals surface area contributed by atoms with Crippen LogP contribution < -0.4 is 5.73 Å². The first-order valence-electron chi connectivity index (χ1n) is 6.73. The number of benzene rings is 1. The Kier molecular flexibility index (Phi) is 3.18. The van der Waals surface area contributed by atoms with E-state index < -0.39 is 5.97 Å². The highest BCUT2D eigenvalue weighted by atomic mass is 16.5. The van der Waals surface area contributed by atoms with Gasteiger partial charge in [0.1, 0.15) is 6.10 Å². The molecule has 104 valence electrons. The summed E-state index contributed by atoms with van der Waals surface area (Å²) in [7, 11) is 1.68. The van der Waals surface area contributed by atoms with Crippen LogP contribution >= 0.6 is 0 Å². The van der Waals surface area contributed by atoms with Gasteiger partial charge in [-0.2, -0.15) is 5.10 Å². The van der Waals surface area contributed by atoms with Crippen LogP contribution in [-0.2, 0) is 18.2 Å². The van der Waals surface area contributed by atoms with E-state index >= 15 is 0 Å². The second-order valence-electron chi connectivity index (χ2n) is 5.06. The lowest BCUT2D eigenvalue weighted by atomic mass is 9.89. The minimum Gasteiger partial charge on any atom is -0.453 e. The van der Waals surface area contributed by atoms with Gasteiger partial charge in [-0.05, 0) is 30.4 Å². The molecule has 1 aromatic carbocycles. The summed E-state index contributed by atoms with van der Waals surface area (Å²) in [6, 6.07) is 8.11. The molecule has 1 unspecified atom stereocenters. The molecule has 3 rings (SSSR count). The molecule has 0 saturated carbocycles. The number of carbonyl (C=O) groups is 1. The number of esters is 1. The van der Waals surface area contributed by atoms with E-state index in [1.807, 2.05) is 18.2 Å². The van der Waals surface area contributed by atoms with E-state index in [0.29, 0.717) is 11.4 Å². The number of nitrogen functional groups attached to an aromatic ring is 1. The third kappa shape index (κ3) is 2.15. The summed E-state index contributed by atoms with van der Waals surface area (Å²) in [5.41, 5.74) is 8.78. The number of nitrogens with two attached hydrogens (primary N) is 1. The number of carbonyl (C=O) groups excluding carboxylic acids is 1. The number of anilines is 1. The summed E-state index contributed by atoms with van der Waals surface area (Å²) in [5.74, 6) is -0.413. The van der Waals surface area contributed by atoms with Gasteiger partial charge in [0.2, 0.25) is 0 Å². The number of rotatable bonds is 2. The van der Waals surface area contributed by atoms with Crippen molar-refractivity contribution >= 4 is 11.7 Å². The molecule has 0 radical (unpaired) electrons. The van der Waals surface area contributed by atoms with Crippen molar-refractivity contribution in [1.29, 1.82) is 0 Å². The van der Waals surface area contributed by atoms with Crippen LogP contribution in [0.3, 0.4) is 0 Å². The molecule has 0 spiro atoms. The number of nitrogens with zero attached hydrogens (tertiary/aromatic N) is 2. The molecule has 0 fully saturated rings. The Hall–Kier alpha value is -2.30. The lowest BCUT2D eigenvalue weighted by molar-refractivity contribution is 0.0245. The second-order valence-corrected chi connectivity index (χ2v) is 5.06. The topological polar surface area (TPSA) is 70.1 Å². The Labute approximate surface area is 117 Å². The summed E-state index contributed by atoms with van der Waals surface area (Å²) in [6.07, 6.45) is 4.18. The lowest BCUT2D eigenvalue weighted by Crippen LogP contribution is -2.19. The number of aromatic nitrogens is 2. The van der Waals surface area contributed by atoms with E-state index in [1.54, 1.807) is 7.05 Å². The molecule has 1 aromatic heterocycles. The van der Waals surface area contributed by atoms with E-state index in [4.69, 9.17) is 10.5 Å². The zero-order valence-electron chi connectivity index (χ0n) is 11.4. The highest BCUT2D eigenvalue weighted by Crippen LogP contribution is 2.33. The van der Waals surface area contributed by atoms with Crippen LogP contribution in [0.1, 0.15) is 40.6 Å². The Balaban J connectivity index is 1.84. The molecule has 2 N–H and O–H groups in total. The summed E-state index contributed by atoms with van der Waals surface area (Å²) in [6.45, 7) is 0. The Morgan fingerprint density at radius 1 is 1.45 bits per heavy atom. The Morgan fingerprint density at radius 2 is 2.25 bits per heavy atom. The van der Waals surface area contributed by atoms with E-state index in [-0.39, 0.29) is 6.10 Å². The average Bonchev–Trinajstić information content (AvgIpc) is 2.78. The minimum atomic E-state index is -0.413. The van der Waals surface area contributed by atoms with Gasteiger partial charge >= 0.3 is 5.97 Å². The van der Waals surface area contributed by atoms with Crippen molar-refractivity contribution in [2.75, 3.05) is 5.73 Å². The van der Waals surface area contributed by atoms with Gasteiger partial charge in [-0.15, -0.1) is 0 Å². The van der Waals surface area contributed by atoms with Crippen LogP contribution in [0.5, 0.6) is 0 Å². The van der Waals surface area contributed by atoms with Gasteiger partial charge in [-0.25, -0.2) is 4.79 Å². The highest BCUT2D eigenvalue weighted by molar-refractivity contribution is 5.93. The van der Waals surface area contributed by atoms with Crippen molar-refractivity contribution in [2.24, 2.45) is 7.05 Å². The maximum atomic E-state index is 12.3. The summed E-state index contributed by atoms with van der Waals surface area (Å²) in [4.78, 5) is 12.3. The van der Waals surface area contributed by atoms with Crippen LogP contribution in [0, 0.1) is 0 Å². The third-order valence-corrected chi connectivity index (χ3v) is 3.72. The van der Waals surface area contributed by atoms with Crippen molar-refractivity contribution in [1.82, 2.24) is 9.78 Å². The summed E-state index contributed by atoms with van der Waals surface area (Å²) >= 11 is 0. The van der Waals surface area contributed by atoms with Crippen LogP contribution in [0.4, 0.5) is 5.69 Å². The van der Waals surface area contributed by atoms with Gasteiger partial charge in [0, 0.05) is 7.05 Å². The van der Waals surface area contributed by atoms with Crippen LogP contribution in [0.2, 0.25) is 0 Å². The highest BCUT2D eigenvalue weighted by Gasteiger charge is 2.26. The summed E-state index contributed by atoms with van der Waals surface area (Å²) in [5, 5.41) is 3.97. The van der Waals surface area contributed by atoms with E-state index in [2.05, 4.69) is 11.2 Å². The van der Waals surface area contributed by atoms with Crippen LogP contribution in [-0.4, -0.2) is 15.7 Å². The lowest BCUT2D eigenvalue weighted by Gasteiger charge is -2.25. The van der Waals surface area contributed by atoms with E-state index in [0.717, 1.165) is 24.8 Å². The maximum absolute atomic E-state index is 12.3. The van der Waals surface area contributed by atoms with Gasteiger partial charge in [0.05, 0.1) is 11.9 Å². The van der Waals surface area contributed by atoms with Crippen molar-refractivity contribution in [3.8, 4) is 0 Å². The van der Waals surface area contributed by atoms with Crippen molar-refractivity contribution < 1.29 is 9.53 Å². The molecular formula is C15H17N3O2. The molecule has 1 atom stereocenters. The van der Waals surface area contributed by atoms with Crippen LogP contribution in [0.25, 0.3) is 0 Å². The number of hydrogen-bond donors (Lipinski definition) is 1. The quantitative estimate of drug-likeness (QED) is 0.850. The molecule has 1 heterocycles. The molecule has 0 amide bonds. The molecule has 5 nitrogen and oxygen atoms in total. The van der Waals surface area contributed by atoms with Gasteiger partial charge in [0.25, 0.3) is 0 Å². The number of aryl methyl sites for hydroxylation is 2. The first-order chi connectivity index (χ1) is 9.66. The standard InChI is InChI=1S/C15H17N3O2/c1-18-14(12(16)9-17-18)15(19)20-13-8-4-6-10-5-2-3-7-11(10)13/h2-3,5,7,9,13H,4,6,8,16H2,1H3. The van der Waals surface area contributed by atoms with Gasteiger partial charge in [-0.1, -0.05) is 24.3 Å². The third-order valence-electron chi connectivity index (χ3n) is 3.72. The first-order valence-corrected chi connectivity index (χ1v) is 6.73. The fourth-order valence-electron chi connectivity index (χ4n) is 2.72. The summed E-state index contributed by atoms with van der Waals surface area (Å²) < 4.78 is 7.09. The maximum Gasteiger partial charge on any atom is 0.359 e. The number of hydrogen-bond acceptors (Lipinski definition) is 4. The largest absolute Gasteiger partial charge is 0.453 e. The first kappa shape index (κ1) is 12.7. The number of fused-ring (bicyclic) bond motifs is 1. The normalized spacial score (nSPS) is 17.6. The zero-order chi connectivity index (χ0) is 14.1. The number of ether oxygens (including phenoxy) is 1. The van der Waals surface area contributed by atoms with Crippen molar-refractivity contribution in [2.45, 2.75) is 25.4 Å². The predicted octanol–water partition coefficient (Wildman–Crippen LogP) is 2.24. The fourth-order valence-corrected chi connectivity index (χ4v) is 2.72. The van der Waals surface area contributed by atoms with Gasteiger partial charge in [0.15, 0.2) is 5.69 Å². The van der Waals surface area contributed by atoms with E-state index in [1.165, 1.54) is 16.4 Å². The second kappa shape index (κ2) is 5.00. The molecule has 2 aromatic rings. The Morgan fingerprint density at radius 3 is 3.00 bits per heavy atom. The smallest absolute Gasteiger partial charge is 0.359 e. The predicted molar refractivity (Wildman–Crippen MR) is 75.2 cm³/mol. The molecule has 1 aliphatic rings. The van der Waals surface area contributed by atoms with Crippen molar-refractivity contribution in [3.63, 3.8) is 0 Å². The monoisotopic (exact) mass is 271 g/mol. The molecule has 1 aliphatic carbocycles. The Bertz CT molecular complexity index is 629. The van der Waals surface area contributed by atoms with Gasteiger partial charge < -0.3 is 10.5 Å². The molecule has 5 heteroatoms. The SMILES string of the molecule is Cn1ncc(N)c1C(=O)OC1CCCc2ccccc21. The fraction of sp³-hybridized carbons (Fsp3) is 0.333. The molecule has 0 aliphatic heterocycles. The van der Waals surface area contributed by atoms with Gasteiger partial charge in [-0.3, -0.25) is 4.68 Å². The molecule has 20 heavy (non-hydrogen) atoms. The molecule has 0 saturated heterocycles. The zero-order valence-corrected chi connectivity index (χ0v) is 11.4. The van der Waals surface area contributed by atoms with Crippen LogP contribution in [0.15, 0.2) is 30.5 Å². The van der Waals surface area contributed by atoms with E-state index in [9.17, 15) is 4.79 Å². The van der Waals surface area contributed by atoms with Crippen molar-refractivity contribution in [3.05, 3.63) is 47.3 Å². The molecular weight excluding hydrogens is 254 g/mol. The molecule has 0 bridgehead atoms. The minimum absolute atomic E-state index is 0.193. The average molecular weight is 271 g/mol.